The molecular formula is C22H24ClN3O3. The summed E-state index contributed by atoms with van der Waals surface area (Å²) in [7, 11) is 0. The van der Waals surface area contributed by atoms with Crippen molar-refractivity contribution in [2.75, 3.05) is 26.2 Å². The highest BCUT2D eigenvalue weighted by atomic mass is 35.5. The number of aryl methyl sites for hydroxylation is 1. The maximum absolute atomic E-state index is 12.9. The van der Waals surface area contributed by atoms with Crippen molar-refractivity contribution in [3.63, 3.8) is 0 Å². The molecule has 2 aromatic carbocycles. The first kappa shape index (κ1) is 21.0. The summed E-state index contributed by atoms with van der Waals surface area (Å²) < 4.78 is 0. The van der Waals surface area contributed by atoms with E-state index in [1.54, 1.807) is 23.1 Å². The average Bonchev–Trinajstić information content (AvgIpc) is 3.24. The molecule has 0 aliphatic carbocycles. The molecule has 2 aromatic rings. The van der Waals surface area contributed by atoms with Gasteiger partial charge < -0.3 is 10.6 Å². The van der Waals surface area contributed by atoms with Crippen molar-refractivity contribution in [3.05, 3.63) is 70.8 Å². The van der Waals surface area contributed by atoms with Gasteiger partial charge in [0.2, 0.25) is 5.91 Å². The molecule has 0 unspecified atom stereocenters. The van der Waals surface area contributed by atoms with Crippen LogP contribution in [0.3, 0.4) is 0 Å². The molecule has 2 atom stereocenters. The number of nitrogens with two attached hydrogens (primary N) is 1. The molecule has 2 heterocycles. The summed E-state index contributed by atoms with van der Waals surface area (Å²) in [5, 5.41) is 0. The number of imide groups is 1. The van der Waals surface area contributed by atoms with Crippen LogP contribution in [0.25, 0.3) is 0 Å². The summed E-state index contributed by atoms with van der Waals surface area (Å²) in [5.74, 6) is -0.687. The van der Waals surface area contributed by atoms with Crippen LogP contribution in [0.5, 0.6) is 0 Å². The molecule has 4 rings (SSSR count). The molecule has 2 aliphatic heterocycles. The summed E-state index contributed by atoms with van der Waals surface area (Å²) in [4.78, 5) is 40.9. The Hall–Kier alpha value is -2.70. The third kappa shape index (κ3) is 3.78. The van der Waals surface area contributed by atoms with E-state index in [2.05, 4.69) is 0 Å². The number of fused-ring (bicyclic) bond motifs is 1. The highest BCUT2D eigenvalue weighted by molar-refractivity contribution is 6.22. The fourth-order valence-electron chi connectivity index (χ4n) is 4.18. The van der Waals surface area contributed by atoms with Crippen LogP contribution in [-0.2, 0) is 4.79 Å². The number of amides is 3. The van der Waals surface area contributed by atoms with Gasteiger partial charge in [-0.3, -0.25) is 19.3 Å². The molecule has 0 saturated carbocycles. The lowest BCUT2D eigenvalue weighted by molar-refractivity contribution is -0.130. The molecule has 1 fully saturated rings. The second kappa shape index (κ2) is 8.35. The van der Waals surface area contributed by atoms with E-state index in [0.29, 0.717) is 30.8 Å². The Kier molecular flexibility index (Phi) is 6.05. The van der Waals surface area contributed by atoms with E-state index in [1.807, 2.05) is 37.3 Å². The maximum Gasteiger partial charge on any atom is 0.262 e. The quantitative estimate of drug-likeness (QED) is 0.779. The number of carbonyl (C=O) groups is 3. The molecule has 0 bridgehead atoms. The van der Waals surface area contributed by atoms with Crippen LogP contribution < -0.4 is 5.73 Å². The van der Waals surface area contributed by atoms with Crippen LogP contribution >= 0.6 is 12.4 Å². The van der Waals surface area contributed by atoms with Gasteiger partial charge in [0.1, 0.15) is 6.54 Å². The van der Waals surface area contributed by atoms with Crippen molar-refractivity contribution in [1.82, 2.24) is 9.80 Å². The Morgan fingerprint density at radius 3 is 2.41 bits per heavy atom. The molecule has 29 heavy (non-hydrogen) atoms. The average molecular weight is 414 g/mol. The number of nitrogens with zero attached hydrogens (tertiary/aromatic N) is 2. The van der Waals surface area contributed by atoms with Crippen molar-refractivity contribution in [2.45, 2.75) is 12.8 Å². The van der Waals surface area contributed by atoms with Gasteiger partial charge in [0.15, 0.2) is 0 Å². The maximum atomic E-state index is 12.9. The Morgan fingerprint density at radius 1 is 1.03 bits per heavy atom. The Morgan fingerprint density at radius 2 is 1.72 bits per heavy atom. The molecule has 0 spiro atoms. The van der Waals surface area contributed by atoms with Crippen LogP contribution in [0.4, 0.5) is 0 Å². The van der Waals surface area contributed by atoms with Crippen molar-refractivity contribution in [3.8, 4) is 0 Å². The molecule has 1 saturated heterocycles. The van der Waals surface area contributed by atoms with Gasteiger partial charge in [-0.1, -0.05) is 42.0 Å². The predicted molar refractivity (Wildman–Crippen MR) is 112 cm³/mol. The fourth-order valence-corrected chi connectivity index (χ4v) is 4.18. The van der Waals surface area contributed by atoms with Gasteiger partial charge in [0, 0.05) is 19.0 Å². The Bertz CT molecular complexity index is 948. The van der Waals surface area contributed by atoms with Gasteiger partial charge in [-0.15, -0.1) is 12.4 Å². The first-order valence-corrected chi connectivity index (χ1v) is 9.49. The smallest absolute Gasteiger partial charge is 0.262 e. The molecule has 7 heteroatoms. The van der Waals surface area contributed by atoms with E-state index in [-0.39, 0.29) is 36.7 Å². The van der Waals surface area contributed by atoms with Gasteiger partial charge >= 0.3 is 0 Å². The number of carbonyl (C=O) groups excluding carboxylic acids is 3. The summed E-state index contributed by atoms with van der Waals surface area (Å²) in [6, 6.07) is 15.2. The molecule has 3 amide bonds. The molecule has 152 valence electrons. The zero-order valence-electron chi connectivity index (χ0n) is 16.2. The standard InChI is InChI=1S/C22H23N3O3.ClH/c1-14-7-8-17-18(9-14)22(28)25(21(17)27)13-20(26)24-11-16(10-23)19(12-24)15-5-3-2-4-6-15;/h2-9,16,19H,10-13,23H2,1H3;1H/t16-,19+;/m1./s1. The number of benzene rings is 2. The van der Waals surface area contributed by atoms with Gasteiger partial charge in [0.25, 0.3) is 11.8 Å². The van der Waals surface area contributed by atoms with E-state index in [4.69, 9.17) is 5.73 Å². The van der Waals surface area contributed by atoms with E-state index < -0.39 is 11.8 Å². The number of hydrogen-bond acceptors (Lipinski definition) is 4. The SMILES string of the molecule is Cc1ccc2c(c1)C(=O)N(CC(=O)N1C[C@@H](CN)[C@H](c3ccccc3)C1)C2=O.Cl. The fraction of sp³-hybridized carbons (Fsp3) is 0.318. The van der Waals surface area contributed by atoms with Gasteiger partial charge in [-0.2, -0.15) is 0 Å². The summed E-state index contributed by atoms with van der Waals surface area (Å²) >= 11 is 0. The molecule has 2 N–H and O–H groups in total. The van der Waals surface area contributed by atoms with Crippen LogP contribution in [0.15, 0.2) is 48.5 Å². The minimum Gasteiger partial charge on any atom is -0.340 e. The van der Waals surface area contributed by atoms with Crippen molar-refractivity contribution in [2.24, 2.45) is 11.7 Å². The van der Waals surface area contributed by atoms with E-state index >= 15 is 0 Å². The molecule has 6 nitrogen and oxygen atoms in total. The Labute approximate surface area is 176 Å². The third-order valence-corrected chi connectivity index (χ3v) is 5.74. The lowest BCUT2D eigenvalue weighted by atomic mass is 9.89. The van der Waals surface area contributed by atoms with Crippen molar-refractivity contribution >= 4 is 30.1 Å². The van der Waals surface area contributed by atoms with Crippen LogP contribution in [0.2, 0.25) is 0 Å². The second-order valence-electron chi connectivity index (χ2n) is 7.56. The third-order valence-electron chi connectivity index (χ3n) is 5.74. The number of hydrogen-bond donors (Lipinski definition) is 1. The molecule has 0 radical (unpaired) electrons. The highest BCUT2D eigenvalue weighted by Crippen LogP contribution is 2.32. The van der Waals surface area contributed by atoms with E-state index in [0.717, 1.165) is 16.0 Å². The van der Waals surface area contributed by atoms with Gasteiger partial charge in [-0.05, 0) is 37.1 Å². The normalized spacial score (nSPS) is 20.6. The first-order chi connectivity index (χ1) is 13.5. The topological polar surface area (TPSA) is 83.7 Å². The van der Waals surface area contributed by atoms with Crippen molar-refractivity contribution < 1.29 is 14.4 Å². The second-order valence-corrected chi connectivity index (χ2v) is 7.56. The summed E-state index contributed by atoms with van der Waals surface area (Å²) in [5.41, 5.74) is 8.75. The summed E-state index contributed by atoms with van der Waals surface area (Å²) in [6.45, 7) is 3.21. The predicted octanol–water partition coefficient (Wildman–Crippen LogP) is 2.21. The van der Waals surface area contributed by atoms with Crippen molar-refractivity contribution in [1.29, 1.82) is 0 Å². The lowest BCUT2D eigenvalue weighted by Crippen LogP contribution is -2.42. The van der Waals surface area contributed by atoms with Gasteiger partial charge in [0.05, 0.1) is 11.1 Å². The van der Waals surface area contributed by atoms with E-state index in [1.165, 1.54) is 0 Å². The molecular weight excluding hydrogens is 390 g/mol. The van der Waals surface area contributed by atoms with Gasteiger partial charge in [-0.25, -0.2) is 0 Å². The monoisotopic (exact) mass is 413 g/mol. The molecule has 0 aromatic heterocycles. The van der Waals surface area contributed by atoms with Crippen LogP contribution in [-0.4, -0.2) is 53.7 Å². The Balaban J connectivity index is 0.00000240. The largest absolute Gasteiger partial charge is 0.340 e. The zero-order valence-corrected chi connectivity index (χ0v) is 17.0. The number of halogens is 1. The van der Waals surface area contributed by atoms with Crippen LogP contribution in [0, 0.1) is 12.8 Å². The summed E-state index contributed by atoms with van der Waals surface area (Å²) in [6.07, 6.45) is 0. The minimum absolute atomic E-state index is 0. The zero-order chi connectivity index (χ0) is 19.8. The number of likely N-dealkylation sites (tertiary alicyclic amines) is 1. The first-order valence-electron chi connectivity index (χ1n) is 9.49. The molecule has 2 aliphatic rings. The highest BCUT2D eigenvalue weighted by Gasteiger charge is 2.40. The number of rotatable bonds is 4. The van der Waals surface area contributed by atoms with E-state index in [9.17, 15) is 14.4 Å². The lowest BCUT2D eigenvalue weighted by Gasteiger charge is -2.20. The minimum atomic E-state index is -0.400. The van der Waals surface area contributed by atoms with Crippen LogP contribution in [0.1, 0.15) is 37.8 Å².